The van der Waals surface area contributed by atoms with E-state index in [1.807, 2.05) is 0 Å². The number of rotatable bonds is 5. The molecule has 2 aromatic rings. The number of aromatic nitrogens is 4. The molecule has 1 saturated carbocycles. The molecule has 6 nitrogen and oxygen atoms in total. The van der Waals surface area contributed by atoms with Gasteiger partial charge in [0.1, 0.15) is 22.4 Å². The lowest BCUT2D eigenvalue weighted by Crippen LogP contribution is -2.42. The van der Waals surface area contributed by atoms with E-state index in [1.54, 1.807) is 24.4 Å². The van der Waals surface area contributed by atoms with E-state index in [0.29, 0.717) is 10.9 Å². The lowest BCUT2D eigenvalue weighted by atomic mass is 10.00. The van der Waals surface area contributed by atoms with Crippen molar-refractivity contribution in [2.45, 2.75) is 48.4 Å². The Labute approximate surface area is 127 Å². The number of imidazole rings is 1. The van der Waals surface area contributed by atoms with Crippen LogP contribution in [0.5, 0.6) is 0 Å². The molecule has 0 aromatic carbocycles. The molecule has 110 valence electrons. The number of aromatic amines is 1. The zero-order chi connectivity index (χ0) is 14.7. The molecule has 21 heavy (non-hydrogen) atoms. The van der Waals surface area contributed by atoms with Gasteiger partial charge < -0.3 is 4.98 Å². The van der Waals surface area contributed by atoms with Crippen LogP contribution in [0, 0.1) is 11.3 Å². The van der Waals surface area contributed by atoms with E-state index in [-0.39, 0.29) is 5.54 Å². The minimum Gasteiger partial charge on any atom is -0.341 e. The lowest BCUT2D eigenvalue weighted by Gasteiger charge is -2.22. The summed E-state index contributed by atoms with van der Waals surface area (Å²) in [4.78, 5) is 15.7. The Hall–Kier alpha value is -1.65. The number of nitrogens with one attached hydrogen (secondary N) is 2. The van der Waals surface area contributed by atoms with Gasteiger partial charge in [0.2, 0.25) is 0 Å². The van der Waals surface area contributed by atoms with Crippen molar-refractivity contribution in [3.05, 3.63) is 12.7 Å². The first kappa shape index (κ1) is 14.3. The highest BCUT2D eigenvalue weighted by molar-refractivity contribution is 8.00. The maximum absolute atomic E-state index is 9.50. The molecule has 2 N–H and O–H groups in total. The third kappa shape index (κ3) is 2.87. The number of hydrogen-bond donors (Lipinski definition) is 2. The fourth-order valence-corrected chi connectivity index (χ4v) is 4.05. The average Bonchev–Trinajstić information content (AvgIpc) is 3.13. The normalized spacial score (nSPS) is 25.2. The summed E-state index contributed by atoms with van der Waals surface area (Å²) in [5.41, 5.74) is 1.22. The Kier molecular flexibility index (Phi) is 4.08. The van der Waals surface area contributed by atoms with E-state index in [4.69, 9.17) is 0 Å². The van der Waals surface area contributed by atoms with E-state index in [2.05, 4.69) is 38.2 Å². The van der Waals surface area contributed by atoms with Crippen molar-refractivity contribution in [3.63, 3.8) is 0 Å². The lowest BCUT2D eigenvalue weighted by molar-refractivity contribution is 0.424. The molecule has 7 heteroatoms. The molecule has 3 rings (SSSR count). The second-order valence-corrected chi connectivity index (χ2v) is 6.67. The van der Waals surface area contributed by atoms with E-state index >= 15 is 0 Å². The molecule has 0 saturated heterocycles. The second kappa shape index (κ2) is 6.00. The number of thioether (sulfide) groups is 1. The fraction of sp³-hybridized carbons (Fsp3) is 0.571. The summed E-state index contributed by atoms with van der Waals surface area (Å²) in [6, 6.07) is 2.48. The molecule has 1 fully saturated rings. The van der Waals surface area contributed by atoms with E-state index in [1.165, 1.54) is 0 Å². The Morgan fingerprint density at radius 2 is 2.43 bits per heavy atom. The molecule has 2 atom stereocenters. The van der Waals surface area contributed by atoms with Gasteiger partial charge >= 0.3 is 0 Å². The number of fused-ring (bicyclic) bond motifs is 1. The SMILES string of the molecule is CCCNC1(C#N)CCC(Sc2ncnc3nc[nH]c23)C1. The van der Waals surface area contributed by atoms with Crippen LogP contribution in [-0.4, -0.2) is 37.3 Å². The van der Waals surface area contributed by atoms with Gasteiger partial charge in [-0.3, -0.25) is 5.32 Å². The van der Waals surface area contributed by atoms with Crippen LogP contribution in [0.15, 0.2) is 17.7 Å². The topological polar surface area (TPSA) is 90.3 Å². The fourth-order valence-electron chi connectivity index (χ4n) is 2.76. The van der Waals surface area contributed by atoms with Crippen LogP contribution in [0.25, 0.3) is 11.2 Å². The van der Waals surface area contributed by atoms with E-state index in [9.17, 15) is 5.26 Å². The molecular weight excluding hydrogens is 284 g/mol. The standard InChI is InChI=1S/C14H18N6S/c1-2-5-20-14(7-15)4-3-10(6-14)21-13-11-12(17-8-16-11)18-9-19-13/h8-10,20H,2-6H2,1H3,(H,16,17,18,19). The average molecular weight is 302 g/mol. The first-order valence-corrected chi connectivity index (χ1v) is 8.11. The molecule has 0 spiro atoms. The van der Waals surface area contributed by atoms with Crippen molar-refractivity contribution in [2.24, 2.45) is 0 Å². The van der Waals surface area contributed by atoms with Gasteiger partial charge in [-0.05, 0) is 32.2 Å². The summed E-state index contributed by atoms with van der Waals surface area (Å²) in [5.74, 6) is 0. The molecule has 1 aliphatic rings. The minimum absolute atomic E-state index is 0.367. The van der Waals surface area contributed by atoms with E-state index < -0.39 is 0 Å². The molecule has 0 bridgehead atoms. The summed E-state index contributed by atoms with van der Waals surface area (Å²) in [6.07, 6.45) is 7.01. The van der Waals surface area contributed by atoms with Gasteiger partial charge in [0, 0.05) is 5.25 Å². The Morgan fingerprint density at radius 3 is 3.24 bits per heavy atom. The largest absolute Gasteiger partial charge is 0.341 e. The minimum atomic E-state index is -0.367. The van der Waals surface area contributed by atoms with Gasteiger partial charge in [-0.25, -0.2) is 15.0 Å². The van der Waals surface area contributed by atoms with Crippen LogP contribution >= 0.6 is 11.8 Å². The number of nitriles is 1. The molecule has 2 aromatic heterocycles. The maximum atomic E-state index is 9.50. The highest BCUT2D eigenvalue weighted by atomic mass is 32.2. The quantitative estimate of drug-likeness (QED) is 0.823. The third-order valence-corrected chi connectivity index (χ3v) is 5.13. The smallest absolute Gasteiger partial charge is 0.181 e. The molecule has 2 unspecified atom stereocenters. The van der Waals surface area contributed by atoms with Gasteiger partial charge in [0.25, 0.3) is 0 Å². The molecule has 2 heterocycles. The van der Waals surface area contributed by atoms with Crippen LogP contribution in [0.2, 0.25) is 0 Å². The van der Waals surface area contributed by atoms with Gasteiger partial charge in [-0.15, -0.1) is 11.8 Å². The third-order valence-electron chi connectivity index (χ3n) is 3.86. The van der Waals surface area contributed by atoms with Crippen LogP contribution < -0.4 is 5.32 Å². The summed E-state index contributed by atoms with van der Waals surface area (Å²) < 4.78 is 0. The molecule has 0 radical (unpaired) electrons. The second-order valence-electron chi connectivity index (χ2n) is 5.38. The summed E-state index contributed by atoms with van der Waals surface area (Å²) in [7, 11) is 0. The highest BCUT2D eigenvalue weighted by Crippen LogP contribution is 2.40. The maximum Gasteiger partial charge on any atom is 0.181 e. The van der Waals surface area contributed by atoms with Crippen LogP contribution in [0.3, 0.4) is 0 Å². The predicted octanol–water partition coefficient (Wildman–Crippen LogP) is 2.26. The summed E-state index contributed by atoms with van der Waals surface area (Å²) in [5, 5.41) is 14.2. The van der Waals surface area contributed by atoms with E-state index in [0.717, 1.165) is 42.8 Å². The van der Waals surface area contributed by atoms with Crippen molar-refractivity contribution in [2.75, 3.05) is 6.54 Å². The monoisotopic (exact) mass is 302 g/mol. The van der Waals surface area contributed by atoms with Crippen molar-refractivity contribution in [3.8, 4) is 6.07 Å². The molecule has 0 aliphatic heterocycles. The molecule has 0 amide bonds. The van der Waals surface area contributed by atoms with Gasteiger partial charge in [0.15, 0.2) is 5.65 Å². The van der Waals surface area contributed by atoms with Crippen molar-refractivity contribution in [1.82, 2.24) is 25.3 Å². The van der Waals surface area contributed by atoms with Gasteiger partial charge in [0.05, 0.1) is 12.4 Å². The molecular formula is C14H18N6S. The predicted molar refractivity (Wildman–Crippen MR) is 81.8 cm³/mol. The van der Waals surface area contributed by atoms with Crippen LogP contribution in [-0.2, 0) is 0 Å². The highest BCUT2D eigenvalue weighted by Gasteiger charge is 2.39. The Balaban J connectivity index is 1.72. The number of nitrogens with zero attached hydrogens (tertiary/aromatic N) is 4. The van der Waals surface area contributed by atoms with Crippen molar-refractivity contribution >= 4 is 22.9 Å². The summed E-state index contributed by atoms with van der Waals surface area (Å²) >= 11 is 1.72. The first-order chi connectivity index (χ1) is 10.3. The Morgan fingerprint density at radius 1 is 1.52 bits per heavy atom. The first-order valence-electron chi connectivity index (χ1n) is 7.23. The molecule has 1 aliphatic carbocycles. The van der Waals surface area contributed by atoms with Gasteiger partial charge in [-0.2, -0.15) is 5.26 Å². The number of hydrogen-bond acceptors (Lipinski definition) is 6. The number of H-pyrrole nitrogens is 1. The van der Waals surface area contributed by atoms with Crippen molar-refractivity contribution < 1.29 is 0 Å². The van der Waals surface area contributed by atoms with Crippen LogP contribution in [0.1, 0.15) is 32.6 Å². The van der Waals surface area contributed by atoms with Crippen LogP contribution in [0.4, 0.5) is 0 Å². The zero-order valence-corrected chi connectivity index (χ0v) is 12.8. The van der Waals surface area contributed by atoms with Crippen molar-refractivity contribution in [1.29, 1.82) is 5.26 Å². The summed E-state index contributed by atoms with van der Waals surface area (Å²) in [6.45, 7) is 3.01. The van der Waals surface area contributed by atoms with Gasteiger partial charge in [-0.1, -0.05) is 6.92 Å². The Bertz CT molecular complexity index is 663. The zero-order valence-electron chi connectivity index (χ0n) is 12.0.